The number of nitrogens with zero attached hydrogens (tertiary/aromatic N) is 2. The minimum atomic E-state index is -1.08. The topological polar surface area (TPSA) is 79.3 Å². The van der Waals surface area contributed by atoms with Crippen LogP contribution in [0.2, 0.25) is 0 Å². The predicted molar refractivity (Wildman–Crippen MR) is 179 cm³/mol. The lowest BCUT2D eigenvalue weighted by Crippen LogP contribution is -2.35. The molecule has 234 valence electrons. The van der Waals surface area contributed by atoms with E-state index >= 15 is 0 Å². The van der Waals surface area contributed by atoms with Crippen LogP contribution in [0.5, 0.6) is 11.5 Å². The van der Waals surface area contributed by atoms with Crippen molar-refractivity contribution in [3.63, 3.8) is 0 Å². The van der Waals surface area contributed by atoms with Crippen molar-refractivity contribution in [2.75, 3.05) is 19.7 Å². The van der Waals surface area contributed by atoms with Crippen LogP contribution < -0.4 is 9.47 Å². The Labute approximate surface area is 270 Å². The summed E-state index contributed by atoms with van der Waals surface area (Å²) in [6.07, 6.45) is 0. The highest BCUT2D eigenvalue weighted by molar-refractivity contribution is 5.95. The molecule has 0 saturated heterocycles. The first-order valence-corrected chi connectivity index (χ1v) is 15.3. The van der Waals surface area contributed by atoms with Crippen LogP contribution in [0.15, 0.2) is 140 Å². The summed E-state index contributed by atoms with van der Waals surface area (Å²) in [7, 11) is 0. The normalized spacial score (nSPS) is 10.8. The lowest BCUT2D eigenvalue weighted by atomic mass is 10.1. The van der Waals surface area contributed by atoms with Gasteiger partial charge in [0.05, 0.1) is 0 Å². The second-order valence-corrected chi connectivity index (χ2v) is 11.0. The van der Waals surface area contributed by atoms with Gasteiger partial charge >= 0.3 is 5.97 Å². The van der Waals surface area contributed by atoms with Crippen molar-refractivity contribution in [1.29, 1.82) is 0 Å². The molecule has 0 bridgehead atoms. The third-order valence-corrected chi connectivity index (χ3v) is 7.43. The summed E-state index contributed by atoms with van der Waals surface area (Å²) >= 11 is 0. The van der Waals surface area contributed by atoms with E-state index in [2.05, 4.69) is 29.2 Å². The smallest absolute Gasteiger partial charge is 0.323 e. The molecule has 0 aliphatic carbocycles. The van der Waals surface area contributed by atoms with Crippen molar-refractivity contribution in [3.05, 3.63) is 167 Å². The zero-order valence-corrected chi connectivity index (χ0v) is 25.7. The average molecular weight is 615 g/mol. The van der Waals surface area contributed by atoms with Crippen LogP contribution in [0, 0.1) is 0 Å². The Bertz CT molecular complexity index is 1600. The van der Waals surface area contributed by atoms with Gasteiger partial charge in [-0.15, -0.1) is 0 Å². The van der Waals surface area contributed by atoms with Crippen LogP contribution in [-0.2, 0) is 31.0 Å². The van der Waals surface area contributed by atoms with E-state index in [4.69, 9.17) is 9.47 Å². The number of ether oxygens (including phenoxy) is 2. The number of carbonyl (C=O) groups is 2. The first-order chi connectivity index (χ1) is 22.5. The summed E-state index contributed by atoms with van der Waals surface area (Å²) in [5.41, 5.74) is 4.73. The minimum Gasteiger partial charge on any atom is -0.492 e. The SMILES string of the molecule is O=C(O)CN(Cc1ccc(OCc2ccccc2)cc1)C(=O)c1ccc(OCCN(Cc2ccccc2)Cc2ccccc2)cc1. The van der Waals surface area contributed by atoms with E-state index in [1.807, 2.05) is 91.0 Å². The summed E-state index contributed by atoms with van der Waals surface area (Å²) in [6, 6.07) is 44.8. The number of amides is 1. The van der Waals surface area contributed by atoms with E-state index in [-0.39, 0.29) is 12.5 Å². The number of hydrogen-bond acceptors (Lipinski definition) is 5. The largest absolute Gasteiger partial charge is 0.492 e. The Hall–Kier alpha value is -5.40. The fraction of sp³-hybridized carbons (Fsp3) is 0.179. The standard InChI is InChI=1S/C39H38N2O5/c42-38(43)29-41(28-33-16-20-37(21-17-33)46-30-34-14-8-3-9-15-34)39(44)35-18-22-36(23-19-35)45-25-24-40(26-31-10-4-1-5-11-31)27-32-12-6-2-7-13-32/h1-23H,24-30H2,(H,42,43). The highest BCUT2D eigenvalue weighted by atomic mass is 16.5. The van der Waals surface area contributed by atoms with Crippen LogP contribution in [0.1, 0.15) is 32.6 Å². The maximum absolute atomic E-state index is 13.4. The van der Waals surface area contributed by atoms with E-state index in [9.17, 15) is 14.7 Å². The number of benzene rings is 5. The number of hydrogen-bond donors (Lipinski definition) is 1. The number of rotatable bonds is 16. The highest BCUT2D eigenvalue weighted by Gasteiger charge is 2.19. The molecule has 7 nitrogen and oxygen atoms in total. The monoisotopic (exact) mass is 614 g/mol. The number of aliphatic carboxylic acids is 1. The molecule has 1 N–H and O–H groups in total. The number of carboxylic acid groups (broad SMARTS) is 1. The van der Waals surface area contributed by atoms with Crippen LogP contribution in [0.25, 0.3) is 0 Å². The van der Waals surface area contributed by atoms with E-state index in [1.54, 1.807) is 24.3 Å². The van der Waals surface area contributed by atoms with Gasteiger partial charge in [0.15, 0.2) is 0 Å². The molecule has 0 heterocycles. The van der Waals surface area contributed by atoms with Gasteiger partial charge in [0, 0.05) is 31.7 Å². The molecule has 0 saturated carbocycles. The summed E-state index contributed by atoms with van der Waals surface area (Å²) in [5.74, 6) is -0.101. The van der Waals surface area contributed by atoms with Gasteiger partial charge in [-0.1, -0.05) is 103 Å². The molecule has 0 aliphatic rings. The average Bonchev–Trinajstić information content (AvgIpc) is 3.09. The molecule has 0 spiro atoms. The Morgan fingerprint density at radius 1 is 0.543 bits per heavy atom. The first kappa shape index (κ1) is 32.0. The maximum atomic E-state index is 13.4. The zero-order chi connectivity index (χ0) is 32.0. The van der Waals surface area contributed by atoms with Crippen molar-refractivity contribution in [2.24, 2.45) is 0 Å². The summed E-state index contributed by atoms with van der Waals surface area (Å²) in [6.45, 7) is 2.98. The second kappa shape index (κ2) is 16.6. The van der Waals surface area contributed by atoms with Gasteiger partial charge in [-0.2, -0.15) is 0 Å². The maximum Gasteiger partial charge on any atom is 0.323 e. The van der Waals surface area contributed by atoms with Gasteiger partial charge in [0.1, 0.15) is 31.3 Å². The molecule has 0 radical (unpaired) electrons. The molecule has 1 amide bonds. The number of carbonyl (C=O) groups excluding carboxylic acids is 1. The number of carboxylic acids is 1. The summed E-state index contributed by atoms with van der Waals surface area (Å²) < 4.78 is 11.9. The third-order valence-electron chi connectivity index (χ3n) is 7.43. The molecule has 0 aromatic heterocycles. The van der Waals surface area contributed by atoms with E-state index in [0.717, 1.165) is 24.2 Å². The van der Waals surface area contributed by atoms with Crippen molar-refractivity contribution < 1.29 is 24.2 Å². The Balaban J connectivity index is 1.16. The Morgan fingerprint density at radius 3 is 1.57 bits per heavy atom. The van der Waals surface area contributed by atoms with Crippen LogP contribution in [0.4, 0.5) is 0 Å². The van der Waals surface area contributed by atoms with Gasteiger partial charge in [-0.3, -0.25) is 14.5 Å². The molecule has 0 atom stereocenters. The van der Waals surface area contributed by atoms with Gasteiger partial charge in [-0.25, -0.2) is 0 Å². The predicted octanol–water partition coefficient (Wildman–Crippen LogP) is 7.07. The molecule has 0 fully saturated rings. The van der Waals surface area contributed by atoms with Gasteiger partial charge in [0.2, 0.25) is 0 Å². The van der Waals surface area contributed by atoms with Crippen LogP contribution in [-0.4, -0.2) is 46.5 Å². The van der Waals surface area contributed by atoms with Gasteiger partial charge in [0.25, 0.3) is 5.91 Å². The lowest BCUT2D eigenvalue weighted by molar-refractivity contribution is -0.137. The summed E-state index contributed by atoms with van der Waals surface area (Å²) in [4.78, 5) is 28.7. The first-order valence-electron chi connectivity index (χ1n) is 15.3. The van der Waals surface area contributed by atoms with Crippen LogP contribution >= 0.6 is 0 Å². The molecule has 0 unspecified atom stereocenters. The molecule has 5 aromatic rings. The van der Waals surface area contributed by atoms with E-state index < -0.39 is 12.5 Å². The zero-order valence-electron chi connectivity index (χ0n) is 25.7. The molecule has 46 heavy (non-hydrogen) atoms. The van der Waals surface area contributed by atoms with E-state index in [1.165, 1.54) is 16.0 Å². The quantitative estimate of drug-likeness (QED) is 0.128. The van der Waals surface area contributed by atoms with Crippen molar-refractivity contribution >= 4 is 11.9 Å². The molecule has 0 aliphatic heterocycles. The van der Waals surface area contributed by atoms with Gasteiger partial charge in [-0.05, 0) is 58.7 Å². The molecule has 7 heteroatoms. The van der Waals surface area contributed by atoms with E-state index in [0.29, 0.717) is 36.8 Å². The van der Waals surface area contributed by atoms with Crippen molar-refractivity contribution in [1.82, 2.24) is 9.80 Å². The second-order valence-electron chi connectivity index (χ2n) is 11.0. The fourth-order valence-electron chi connectivity index (χ4n) is 5.08. The van der Waals surface area contributed by atoms with Crippen LogP contribution in [0.3, 0.4) is 0 Å². The minimum absolute atomic E-state index is 0.154. The molecular formula is C39H38N2O5. The molecule has 5 aromatic carbocycles. The Kier molecular flexibility index (Phi) is 11.6. The lowest BCUT2D eigenvalue weighted by Gasteiger charge is -2.23. The van der Waals surface area contributed by atoms with Gasteiger partial charge < -0.3 is 19.5 Å². The highest BCUT2D eigenvalue weighted by Crippen LogP contribution is 2.19. The molecular weight excluding hydrogens is 576 g/mol. The third kappa shape index (κ3) is 10.1. The Morgan fingerprint density at radius 2 is 1.02 bits per heavy atom. The van der Waals surface area contributed by atoms with Crippen molar-refractivity contribution in [2.45, 2.75) is 26.2 Å². The van der Waals surface area contributed by atoms with Crippen molar-refractivity contribution in [3.8, 4) is 11.5 Å². The molecule has 5 rings (SSSR count). The summed E-state index contributed by atoms with van der Waals surface area (Å²) in [5, 5.41) is 9.51. The fourth-order valence-corrected chi connectivity index (χ4v) is 5.08.